The predicted molar refractivity (Wildman–Crippen MR) is 80.6 cm³/mol. The molecule has 21 heavy (non-hydrogen) atoms. The Bertz CT molecular complexity index is 796. The molecule has 1 heterocycles. The zero-order valence-electron chi connectivity index (χ0n) is 11.2. The van der Waals surface area contributed by atoms with E-state index >= 15 is 0 Å². The van der Waals surface area contributed by atoms with E-state index in [2.05, 4.69) is 10.3 Å². The third kappa shape index (κ3) is 2.34. The molecule has 1 aliphatic carbocycles. The van der Waals surface area contributed by atoms with Crippen LogP contribution in [0.5, 0.6) is 0 Å². The molecule has 4 nitrogen and oxygen atoms in total. The maximum absolute atomic E-state index is 12.5. The molecule has 1 aromatic carbocycles. The predicted octanol–water partition coefficient (Wildman–Crippen LogP) is 3.33. The smallest absolute Gasteiger partial charge is 0.211 e. The van der Waals surface area contributed by atoms with Gasteiger partial charge in [-0.05, 0) is 24.6 Å². The van der Waals surface area contributed by atoms with Gasteiger partial charge in [0, 0.05) is 17.3 Å². The molecular formula is C16H11ClN2O2. The number of allylic oxidation sites excluding steroid dienone is 2. The number of Topliss-reactive ketones (excluding diaryl/α,β-unsaturated/α-hetero) is 2. The molecule has 2 aromatic rings. The number of ketones is 2. The standard InChI is InChI=1S/C16H11ClN2O2/c1-9-6-7-18-12(8-9)19-14-13(17)15(20)10-4-2-3-5-11(10)16(14)21/h2-8H,1H3,(H,18,19). The van der Waals surface area contributed by atoms with Crippen LogP contribution in [-0.4, -0.2) is 16.6 Å². The zero-order chi connectivity index (χ0) is 15.0. The zero-order valence-corrected chi connectivity index (χ0v) is 11.9. The first-order valence-electron chi connectivity index (χ1n) is 6.36. The van der Waals surface area contributed by atoms with Crippen LogP contribution in [0.1, 0.15) is 26.3 Å². The number of nitrogens with one attached hydrogen (secondary N) is 1. The Morgan fingerprint density at radius 3 is 2.38 bits per heavy atom. The van der Waals surface area contributed by atoms with Gasteiger partial charge in [-0.15, -0.1) is 0 Å². The normalized spacial score (nSPS) is 14.2. The van der Waals surface area contributed by atoms with Gasteiger partial charge in [0.1, 0.15) is 16.5 Å². The number of nitrogens with zero attached hydrogens (tertiary/aromatic N) is 1. The van der Waals surface area contributed by atoms with Crippen LogP contribution in [0.2, 0.25) is 0 Å². The van der Waals surface area contributed by atoms with Crippen molar-refractivity contribution in [1.29, 1.82) is 0 Å². The van der Waals surface area contributed by atoms with Gasteiger partial charge in [0.25, 0.3) is 0 Å². The number of hydrogen-bond donors (Lipinski definition) is 1. The van der Waals surface area contributed by atoms with Crippen LogP contribution in [-0.2, 0) is 0 Å². The molecule has 1 aromatic heterocycles. The number of pyridine rings is 1. The number of carbonyl (C=O) groups excluding carboxylic acids is 2. The quantitative estimate of drug-likeness (QED) is 0.924. The van der Waals surface area contributed by atoms with Crippen molar-refractivity contribution in [3.63, 3.8) is 0 Å². The van der Waals surface area contributed by atoms with E-state index in [0.29, 0.717) is 16.9 Å². The van der Waals surface area contributed by atoms with Gasteiger partial charge in [0.2, 0.25) is 11.6 Å². The highest BCUT2D eigenvalue weighted by Crippen LogP contribution is 2.28. The van der Waals surface area contributed by atoms with Gasteiger partial charge in [0.15, 0.2) is 0 Å². The monoisotopic (exact) mass is 298 g/mol. The molecule has 0 bridgehead atoms. The second-order valence-electron chi connectivity index (χ2n) is 4.74. The number of aryl methyl sites for hydroxylation is 1. The second kappa shape index (κ2) is 5.14. The lowest BCUT2D eigenvalue weighted by molar-refractivity contribution is 0.0982. The number of anilines is 1. The van der Waals surface area contributed by atoms with E-state index in [0.717, 1.165) is 5.56 Å². The molecule has 3 rings (SSSR count). The highest BCUT2D eigenvalue weighted by Gasteiger charge is 2.31. The van der Waals surface area contributed by atoms with Crippen molar-refractivity contribution in [2.24, 2.45) is 0 Å². The van der Waals surface area contributed by atoms with Crippen molar-refractivity contribution < 1.29 is 9.59 Å². The summed E-state index contributed by atoms with van der Waals surface area (Å²) in [6, 6.07) is 10.2. The number of benzene rings is 1. The van der Waals surface area contributed by atoms with Crippen molar-refractivity contribution in [2.75, 3.05) is 5.32 Å². The summed E-state index contributed by atoms with van der Waals surface area (Å²) in [5, 5.41) is 2.75. The minimum absolute atomic E-state index is 0.0680. The summed E-state index contributed by atoms with van der Waals surface area (Å²) in [5.74, 6) is -0.191. The fraction of sp³-hybridized carbons (Fsp3) is 0.0625. The van der Waals surface area contributed by atoms with E-state index in [1.807, 2.05) is 13.0 Å². The maximum Gasteiger partial charge on any atom is 0.211 e. The van der Waals surface area contributed by atoms with Crippen LogP contribution < -0.4 is 5.32 Å². The van der Waals surface area contributed by atoms with Crippen molar-refractivity contribution in [3.05, 3.63) is 70.0 Å². The molecule has 1 aliphatic rings. The summed E-state index contributed by atoms with van der Waals surface area (Å²) in [6.45, 7) is 1.91. The second-order valence-corrected chi connectivity index (χ2v) is 5.11. The van der Waals surface area contributed by atoms with Crippen LogP contribution >= 0.6 is 11.6 Å². The van der Waals surface area contributed by atoms with E-state index in [1.165, 1.54) is 0 Å². The highest BCUT2D eigenvalue weighted by molar-refractivity contribution is 6.50. The van der Waals surface area contributed by atoms with Crippen LogP contribution in [0.4, 0.5) is 5.82 Å². The molecule has 0 atom stereocenters. The van der Waals surface area contributed by atoms with Crippen LogP contribution in [0, 0.1) is 6.92 Å². The molecule has 0 aliphatic heterocycles. The first kappa shape index (κ1) is 13.5. The molecule has 104 valence electrons. The Balaban J connectivity index is 2.05. The Hall–Kier alpha value is -2.46. The molecule has 0 radical (unpaired) electrons. The van der Waals surface area contributed by atoms with Crippen molar-refractivity contribution in [1.82, 2.24) is 4.98 Å². The molecule has 0 unspecified atom stereocenters. The average molecular weight is 299 g/mol. The average Bonchev–Trinajstić information content (AvgIpc) is 2.49. The minimum atomic E-state index is -0.359. The van der Waals surface area contributed by atoms with Gasteiger partial charge < -0.3 is 5.32 Å². The van der Waals surface area contributed by atoms with E-state index < -0.39 is 0 Å². The van der Waals surface area contributed by atoms with Gasteiger partial charge in [-0.1, -0.05) is 35.9 Å². The topological polar surface area (TPSA) is 59.1 Å². The summed E-state index contributed by atoms with van der Waals surface area (Å²) in [7, 11) is 0. The summed E-state index contributed by atoms with van der Waals surface area (Å²) >= 11 is 6.06. The summed E-state index contributed by atoms with van der Waals surface area (Å²) in [5.41, 5.74) is 1.73. The summed E-state index contributed by atoms with van der Waals surface area (Å²) in [6.07, 6.45) is 1.62. The van der Waals surface area contributed by atoms with Gasteiger partial charge >= 0.3 is 0 Å². The molecule has 0 saturated heterocycles. The lowest BCUT2D eigenvalue weighted by atomic mass is 9.92. The van der Waals surface area contributed by atoms with Crippen molar-refractivity contribution in [3.8, 4) is 0 Å². The largest absolute Gasteiger partial charge is 0.336 e. The number of halogens is 1. The number of rotatable bonds is 2. The number of fused-ring (bicyclic) bond motifs is 1. The summed E-state index contributed by atoms with van der Waals surface area (Å²) in [4.78, 5) is 28.8. The Labute approximate surface area is 126 Å². The Kier molecular flexibility index (Phi) is 3.31. The first-order chi connectivity index (χ1) is 10.1. The molecule has 0 amide bonds. The molecule has 0 saturated carbocycles. The molecule has 5 heteroatoms. The highest BCUT2D eigenvalue weighted by atomic mass is 35.5. The van der Waals surface area contributed by atoms with Gasteiger partial charge in [-0.25, -0.2) is 4.98 Å². The number of hydrogen-bond acceptors (Lipinski definition) is 4. The number of carbonyl (C=O) groups is 2. The SMILES string of the molecule is Cc1ccnc(NC2=C(Cl)C(=O)c3ccccc3C2=O)c1. The van der Waals surface area contributed by atoms with Crippen molar-refractivity contribution in [2.45, 2.75) is 6.92 Å². The summed E-state index contributed by atoms with van der Waals surface area (Å²) < 4.78 is 0. The molecule has 1 N–H and O–H groups in total. The molecular weight excluding hydrogens is 288 g/mol. The number of aromatic nitrogens is 1. The van der Waals surface area contributed by atoms with Crippen LogP contribution in [0.3, 0.4) is 0 Å². The third-order valence-electron chi connectivity index (χ3n) is 3.23. The van der Waals surface area contributed by atoms with Gasteiger partial charge in [-0.3, -0.25) is 9.59 Å². The van der Waals surface area contributed by atoms with E-state index in [4.69, 9.17) is 11.6 Å². The van der Waals surface area contributed by atoms with Crippen LogP contribution in [0.15, 0.2) is 53.3 Å². The lowest BCUT2D eigenvalue weighted by Crippen LogP contribution is -2.24. The fourth-order valence-corrected chi connectivity index (χ4v) is 2.42. The van der Waals surface area contributed by atoms with Crippen LogP contribution in [0.25, 0.3) is 0 Å². The first-order valence-corrected chi connectivity index (χ1v) is 6.73. The Morgan fingerprint density at radius 1 is 1.05 bits per heavy atom. The van der Waals surface area contributed by atoms with Gasteiger partial charge in [-0.2, -0.15) is 0 Å². The van der Waals surface area contributed by atoms with E-state index in [-0.39, 0.29) is 22.3 Å². The molecule has 0 spiro atoms. The van der Waals surface area contributed by atoms with E-state index in [1.54, 1.807) is 36.5 Å². The minimum Gasteiger partial charge on any atom is -0.336 e. The van der Waals surface area contributed by atoms with Gasteiger partial charge in [0.05, 0.1) is 0 Å². The maximum atomic E-state index is 12.5. The molecule has 0 fully saturated rings. The fourth-order valence-electron chi connectivity index (χ4n) is 2.19. The van der Waals surface area contributed by atoms with E-state index in [9.17, 15) is 9.59 Å². The Morgan fingerprint density at radius 2 is 1.71 bits per heavy atom. The van der Waals surface area contributed by atoms with Crippen molar-refractivity contribution >= 4 is 29.0 Å². The lowest BCUT2D eigenvalue weighted by Gasteiger charge is -2.18. The third-order valence-corrected chi connectivity index (χ3v) is 3.59.